The van der Waals surface area contributed by atoms with Crippen LogP contribution in [0.1, 0.15) is 19.5 Å². The summed E-state index contributed by atoms with van der Waals surface area (Å²) in [5.41, 5.74) is 0.298. The molecule has 5 heteroatoms. The lowest BCUT2D eigenvalue weighted by Gasteiger charge is -2.26. The second-order valence-corrected chi connectivity index (χ2v) is 3.38. The zero-order chi connectivity index (χ0) is 11.3. The molecule has 0 spiro atoms. The molecule has 0 unspecified atom stereocenters. The van der Waals surface area contributed by atoms with Crippen LogP contribution >= 0.6 is 0 Å². The molecule has 0 saturated carbocycles. The molecule has 1 aromatic rings. The van der Waals surface area contributed by atoms with E-state index in [9.17, 15) is 0 Å². The van der Waals surface area contributed by atoms with Crippen LogP contribution in [0.25, 0.3) is 0 Å². The molecule has 80 valence electrons. The summed E-state index contributed by atoms with van der Waals surface area (Å²) in [5.74, 6) is 0.679. The van der Waals surface area contributed by atoms with Crippen molar-refractivity contribution in [3.63, 3.8) is 0 Å². The van der Waals surface area contributed by atoms with Gasteiger partial charge in [0, 0.05) is 12.6 Å². The van der Waals surface area contributed by atoms with Crippen molar-refractivity contribution in [1.82, 2.24) is 9.97 Å². The van der Waals surface area contributed by atoms with Crippen LogP contribution in [0.5, 0.6) is 0 Å². The fourth-order valence-corrected chi connectivity index (χ4v) is 1.27. The van der Waals surface area contributed by atoms with Crippen molar-refractivity contribution < 1.29 is 5.11 Å². The van der Waals surface area contributed by atoms with Crippen molar-refractivity contribution in [1.29, 1.82) is 5.26 Å². The number of hydrogen-bond acceptors (Lipinski definition) is 5. The predicted molar refractivity (Wildman–Crippen MR) is 56.3 cm³/mol. The van der Waals surface area contributed by atoms with Gasteiger partial charge in [0.25, 0.3) is 0 Å². The number of aliphatic hydroxyl groups is 1. The summed E-state index contributed by atoms with van der Waals surface area (Å²) in [6.45, 7) is 4.60. The van der Waals surface area contributed by atoms with E-state index in [-0.39, 0.29) is 12.6 Å². The van der Waals surface area contributed by atoms with Crippen molar-refractivity contribution >= 4 is 5.82 Å². The van der Waals surface area contributed by atoms with Crippen molar-refractivity contribution in [2.45, 2.75) is 19.9 Å². The predicted octanol–water partition coefficient (Wildman–Crippen LogP) is 0.555. The molecule has 1 N–H and O–H groups in total. The Labute approximate surface area is 89.0 Å². The Morgan fingerprint density at radius 1 is 1.47 bits per heavy atom. The zero-order valence-electron chi connectivity index (χ0n) is 8.88. The minimum Gasteiger partial charge on any atom is -0.395 e. The summed E-state index contributed by atoms with van der Waals surface area (Å²) in [7, 11) is 0. The Morgan fingerprint density at radius 2 is 2.20 bits per heavy atom. The average molecular weight is 206 g/mol. The molecule has 1 heterocycles. The van der Waals surface area contributed by atoms with Gasteiger partial charge in [-0.25, -0.2) is 9.97 Å². The van der Waals surface area contributed by atoms with Gasteiger partial charge in [0.15, 0.2) is 5.69 Å². The van der Waals surface area contributed by atoms with Crippen LogP contribution in [-0.4, -0.2) is 34.3 Å². The highest BCUT2D eigenvalue weighted by atomic mass is 16.3. The highest BCUT2D eigenvalue weighted by Gasteiger charge is 2.11. The van der Waals surface area contributed by atoms with Gasteiger partial charge in [-0.2, -0.15) is 5.26 Å². The molecule has 0 radical (unpaired) electrons. The average Bonchev–Trinajstić information content (AvgIpc) is 2.26. The summed E-state index contributed by atoms with van der Waals surface area (Å²) in [6, 6.07) is 2.15. The molecule has 15 heavy (non-hydrogen) atoms. The van der Waals surface area contributed by atoms with Gasteiger partial charge in [-0.3, -0.25) is 0 Å². The number of nitrogens with zero attached hydrogens (tertiary/aromatic N) is 4. The van der Waals surface area contributed by atoms with Gasteiger partial charge >= 0.3 is 0 Å². The van der Waals surface area contributed by atoms with E-state index in [1.165, 1.54) is 6.20 Å². The van der Waals surface area contributed by atoms with Gasteiger partial charge in [-0.1, -0.05) is 0 Å². The molecule has 0 aliphatic carbocycles. The smallest absolute Gasteiger partial charge is 0.158 e. The fraction of sp³-hybridized carbons (Fsp3) is 0.500. The lowest BCUT2D eigenvalue weighted by atomic mass is 10.3. The Balaban J connectivity index is 2.87. The maximum atomic E-state index is 8.91. The quantitative estimate of drug-likeness (QED) is 0.779. The van der Waals surface area contributed by atoms with Crippen LogP contribution in [0.4, 0.5) is 5.82 Å². The molecule has 0 saturated heterocycles. The minimum absolute atomic E-state index is 0.0693. The molecule has 0 aliphatic rings. The second kappa shape index (κ2) is 5.27. The van der Waals surface area contributed by atoms with E-state index in [2.05, 4.69) is 9.97 Å². The van der Waals surface area contributed by atoms with Crippen LogP contribution in [0, 0.1) is 11.3 Å². The van der Waals surface area contributed by atoms with E-state index < -0.39 is 0 Å². The maximum absolute atomic E-state index is 8.91. The first-order valence-corrected chi connectivity index (χ1v) is 4.78. The Kier molecular flexibility index (Phi) is 4.01. The van der Waals surface area contributed by atoms with E-state index in [0.717, 1.165) is 0 Å². The lowest BCUT2D eigenvalue weighted by Crippen LogP contribution is -2.34. The number of nitriles is 1. The van der Waals surface area contributed by atoms with Crippen LogP contribution in [0.15, 0.2) is 12.4 Å². The number of anilines is 1. The molecule has 1 rings (SSSR count). The monoisotopic (exact) mass is 206 g/mol. The third kappa shape index (κ3) is 2.89. The standard InChI is InChI=1S/C10H14N4O/c1-8(2)14(3-4-15)10-7-12-9(5-11)6-13-10/h6-8,15H,3-4H2,1-2H3. The Morgan fingerprint density at radius 3 is 2.60 bits per heavy atom. The summed E-state index contributed by atoms with van der Waals surface area (Å²) in [6.07, 6.45) is 2.98. The largest absolute Gasteiger partial charge is 0.395 e. The van der Waals surface area contributed by atoms with Crippen LogP contribution < -0.4 is 4.90 Å². The topological polar surface area (TPSA) is 73.0 Å². The number of hydrogen-bond donors (Lipinski definition) is 1. The molecular weight excluding hydrogens is 192 g/mol. The first-order chi connectivity index (χ1) is 7.19. The fourth-order valence-electron chi connectivity index (χ4n) is 1.27. The highest BCUT2D eigenvalue weighted by Crippen LogP contribution is 2.11. The molecule has 0 aromatic carbocycles. The molecule has 0 aliphatic heterocycles. The van der Waals surface area contributed by atoms with E-state index in [1.807, 2.05) is 24.8 Å². The molecule has 0 fully saturated rings. The van der Waals surface area contributed by atoms with Crippen molar-refractivity contribution in [3.8, 4) is 6.07 Å². The van der Waals surface area contributed by atoms with E-state index >= 15 is 0 Å². The van der Waals surface area contributed by atoms with Gasteiger partial charge in [0.2, 0.25) is 0 Å². The summed E-state index contributed by atoms with van der Waals surface area (Å²) >= 11 is 0. The van der Waals surface area contributed by atoms with Crippen molar-refractivity contribution in [3.05, 3.63) is 18.1 Å². The van der Waals surface area contributed by atoms with Gasteiger partial charge in [0.05, 0.1) is 19.0 Å². The van der Waals surface area contributed by atoms with Crippen LogP contribution in [0.3, 0.4) is 0 Å². The summed E-state index contributed by atoms with van der Waals surface area (Å²) < 4.78 is 0. The first kappa shape index (κ1) is 11.4. The SMILES string of the molecule is CC(C)N(CCO)c1cnc(C#N)cn1. The third-order valence-electron chi connectivity index (χ3n) is 2.01. The highest BCUT2D eigenvalue weighted by molar-refractivity contribution is 5.38. The van der Waals surface area contributed by atoms with Crippen LogP contribution in [0.2, 0.25) is 0 Å². The van der Waals surface area contributed by atoms with Crippen molar-refractivity contribution in [2.24, 2.45) is 0 Å². The molecule has 0 amide bonds. The van der Waals surface area contributed by atoms with Gasteiger partial charge in [0.1, 0.15) is 11.9 Å². The van der Waals surface area contributed by atoms with E-state index in [4.69, 9.17) is 10.4 Å². The number of aromatic nitrogens is 2. The Bertz CT molecular complexity index is 341. The molecule has 0 atom stereocenters. The van der Waals surface area contributed by atoms with Gasteiger partial charge in [-0.05, 0) is 13.8 Å². The maximum Gasteiger partial charge on any atom is 0.158 e. The van der Waals surface area contributed by atoms with Gasteiger partial charge < -0.3 is 10.0 Å². The lowest BCUT2D eigenvalue weighted by molar-refractivity contribution is 0.298. The molecule has 5 nitrogen and oxygen atoms in total. The number of rotatable bonds is 4. The normalized spacial score (nSPS) is 10.1. The number of aliphatic hydroxyl groups excluding tert-OH is 1. The van der Waals surface area contributed by atoms with E-state index in [0.29, 0.717) is 18.1 Å². The summed E-state index contributed by atoms with van der Waals surface area (Å²) in [5, 5.41) is 17.5. The van der Waals surface area contributed by atoms with Gasteiger partial charge in [-0.15, -0.1) is 0 Å². The zero-order valence-corrected chi connectivity index (χ0v) is 8.88. The first-order valence-electron chi connectivity index (χ1n) is 4.78. The molecular formula is C10H14N4O. The third-order valence-corrected chi connectivity index (χ3v) is 2.01. The van der Waals surface area contributed by atoms with Crippen molar-refractivity contribution in [2.75, 3.05) is 18.1 Å². The van der Waals surface area contributed by atoms with E-state index in [1.54, 1.807) is 6.20 Å². The molecule has 0 bridgehead atoms. The Hall–Kier alpha value is -1.67. The minimum atomic E-state index is 0.0693. The summed E-state index contributed by atoms with van der Waals surface area (Å²) in [4.78, 5) is 9.98. The van der Waals surface area contributed by atoms with Crippen LogP contribution in [-0.2, 0) is 0 Å². The second-order valence-electron chi connectivity index (χ2n) is 3.38. The molecule has 1 aromatic heterocycles.